The lowest BCUT2D eigenvalue weighted by atomic mass is 9.77. The molecule has 1 saturated carbocycles. The van der Waals surface area contributed by atoms with Gasteiger partial charge in [0.25, 0.3) is 0 Å². The number of hydrogen-bond donors (Lipinski definition) is 0. The van der Waals surface area contributed by atoms with Gasteiger partial charge in [0.1, 0.15) is 0 Å². The highest BCUT2D eigenvalue weighted by molar-refractivity contribution is 9.10. The van der Waals surface area contributed by atoms with Crippen LogP contribution in [-0.2, 0) is 12.2 Å². The van der Waals surface area contributed by atoms with Gasteiger partial charge in [-0.2, -0.15) is 0 Å². The van der Waals surface area contributed by atoms with Crippen molar-refractivity contribution in [1.82, 2.24) is 0 Å². The van der Waals surface area contributed by atoms with Gasteiger partial charge in [0, 0.05) is 15.1 Å². The predicted octanol–water partition coefficient (Wildman–Crippen LogP) is 9.16. The Balaban J connectivity index is 1.51. The Morgan fingerprint density at radius 3 is 2.25 bits per heavy atom. The van der Waals surface area contributed by atoms with E-state index in [2.05, 4.69) is 72.2 Å². The summed E-state index contributed by atoms with van der Waals surface area (Å²) in [6.07, 6.45) is 12.4. The summed E-state index contributed by atoms with van der Waals surface area (Å²) in [6, 6.07) is 16.2. The highest BCUT2D eigenvalue weighted by Crippen LogP contribution is 2.40. The van der Waals surface area contributed by atoms with Crippen LogP contribution in [0, 0.1) is 5.92 Å². The molecule has 0 atom stereocenters. The Morgan fingerprint density at radius 1 is 0.893 bits per heavy atom. The van der Waals surface area contributed by atoms with Crippen molar-refractivity contribution in [3.05, 3.63) is 63.6 Å². The number of rotatable bonds is 9. The second-order valence-electron chi connectivity index (χ2n) is 8.36. The number of thioether (sulfide) groups is 1. The third-order valence-electron chi connectivity index (χ3n) is 6.32. The van der Waals surface area contributed by atoms with Crippen LogP contribution in [0.5, 0.6) is 0 Å². The van der Waals surface area contributed by atoms with Gasteiger partial charge in [-0.25, -0.2) is 0 Å². The normalized spacial score (nSPS) is 19.7. The summed E-state index contributed by atoms with van der Waals surface area (Å²) in [7, 11) is 0. The highest BCUT2D eigenvalue weighted by Gasteiger charge is 2.22. The van der Waals surface area contributed by atoms with E-state index in [4.69, 9.17) is 0 Å². The van der Waals surface area contributed by atoms with Gasteiger partial charge < -0.3 is 0 Å². The Morgan fingerprint density at radius 2 is 1.61 bits per heavy atom. The number of hydrogen-bond acceptors (Lipinski definition) is 1. The van der Waals surface area contributed by atoms with Crippen LogP contribution in [0.3, 0.4) is 0 Å². The van der Waals surface area contributed by atoms with Crippen molar-refractivity contribution in [2.75, 3.05) is 0 Å². The molecule has 3 rings (SSSR count). The average Bonchev–Trinajstić information content (AvgIpc) is 2.74. The van der Waals surface area contributed by atoms with Crippen LogP contribution in [0.2, 0.25) is 0 Å². The molecule has 1 aliphatic carbocycles. The molecule has 0 saturated heterocycles. The van der Waals surface area contributed by atoms with Gasteiger partial charge in [-0.15, -0.1) is 11.8 Å². The van der Waals surface area contributed by atoms with Crippen molar-refractivity contribution < 1.29 is 0 Å². The number of aryl methyl sites for hydroxylation is 1. The Labute approximate surface area is 185 Å². The summed E-state index contributed by atoms with van der Waals surface area (Å²) in [5, 5.41) is 0. The van der Waals surface area contributed by atoms with Crippen LogP contribution < -0.4 is 0 Å². The smallest absolute Gasteiger partial charge is 0.0314 e. The van der Waals surface area contributed by atoms with Crippen LogP contribution in [0.1, 0.15) is 87.8 Å². The average molecular weight is 460 g/mol. The van der Waals surface area contributed by atoms with E-state index < -0.39 is 0 Å². The SMILES string of the molecule is CCCCCC1CCC(c2ccc(SCc3ccc(CC)cc3)c(Br)c2)CC1. The van der Waals surface area contributed by atoms with Crippen LogP contribution in [-0.4, -0.2) is 0 Å². The second-order valence-corrected chi connectivity index (χ2v) is 10.2. The van der Waals surface area contributed by atoms with Crippen molar-refractivity contribution in [3.63, 3.8) is 0 Å². The summed E-state index contributed by atoms with van der Waals surface area (Å²) in [4.78, 5) is 1.36. The van der Waals surface area contributed by atoms with Crippen molar-refractivity contribution in [1.29, 1.82) is 0 Å². The third-order valence-corrected chi connectivity index (χ3v) is 8.38. The number of halogens is 1. The van der Waals surface area contributed by atoms with E-state index in [-0.39, 0.29) is 0 Å². The minimum absolute atomic E-state index is 0.763. The Kier molecular flexibility index (Phi) is 8.99. The molecule has 1 aliphatic rings. The van der Waals surface area contributed by atoms with E-state index in [0.29, 0.717) is 0 Å². The third kappa shape index (κ3) is 6.39. The molecule has 0 spiro atoms. The molecule has 2 aromatic rings. The van der Waals surface area contributed by atoms with E-state index >= 15 is 0 Å². The first-order chi connectivity index (χ1) is 13.7. The first-order valence-electron chi connectivity index (χ1n) is 11.2. The molecule has 1 fully saturated rings. The molecule has 2 heteroatoms. The maximum Gasteiger partial charge on any atom is 0.0314 e. The molecule has 0 aromatic heterocycles. The molecular formula is C26H35BrS. The van der Waals surface area contributed by atoms with Gasteiger partial charge >= 0.3 is 0 Å². The predicted molar refractivity (Wildman–Crippen MR) is 128 cm³/mol. The van der Waals surface area contributed by atoms with E-state index in [0.717, 1.165) is 24.0 Å². The Bertz CT molecular complexity index is 714. The lowest BCUT2D eigenvalue weighted by Crippen LogP contribution is -2.13. The molecule has 152 valence electrons. The van der Waals surface area contributed by atoms with E-state index in [1.807, 2.05) is 11.8 Å². The van der Waals surface area contributed by atoms with E-state index in [1.165, 1.54) is 77.4 Å². The van der Waals surface area contributed by atoms with E-state index in [1.54, 1.807) is 0 Å². The van der Waals surface area contributed by atoms with E-state index in [9.17, 15) is 0 Å². The molecule has 0 amide bonds. The van der Waals surface area contributed by atoms with Crippen molar-refractivity contribution in [3.8, 4) is 0 Å². The standard InChI is InChI=1S/C26H35BrS/c1-3-5-6-7-21-12-14-23(15-13-21)24-16-17-26(25(27)18-24)28-19-22-10-8-20(4-2)9-11-22/h8-11,16-18,21,23H,3-7,12-15,19H2,1-2H3. The minimum Gasteiger partial charge on any atom is -0.120 e. The van der Waals surface area contributed by atoms with Crippen LogP contribution >= 0.6 is 27.7 Å². The zero-order valence-corrected chi connectivity index (χ0v) is 20.0. The van der Waals surface area contributed by atoms with Crippen molar-refractivity contribution in [2.24, 2.45) is 5.92 Å². The number of benzene rings is 2. The first-order valence-corrected chi connectivity index (χ1v) is 13.0. The molecular weight excluding hydrogens is 424 g/mol. The maximum atomic E-state index is 3.84. The largest absolute Gasteiger partial charge is 0.120 e. The van der Waals surface area contributed by atoms with Crippen LogP contribution in [0.15, 0.2) is 51.8 Å². The fourth-order valence-electron chi connectivity index (χ4n) is 4.39. The van der Waals surface area contributed by atoms with Gasteiger partial charge in [0.15, 0.2) is 0 Å². The summed E-state index contributed by atoms with van der Waals surface area (Å²) in [5.41, 5.74) is 4.36. The Hall–Kier alpha value is -0.730. The zero-order chi connectivity index (χ0) is 19.8. The highest BCUT2D eigenvalue weighted by atomic mass is 79.9. The fourth-order valence-corrected chi connectivity index (χ4v) is 6.00. The number of unbranched alkanes of at least 4 members (excludes halogenated alkanes) is 2. The molecule has 2 aromatic carbocycles. The van der Waals surface area contributed by atoms with Crippen molar-refractivity contribution >= 4 is 27.7 Å². The zero-order valence-electron chi connectivity index (χ0n) is 17.6. The molecule has 28 heavy (non-hydrogen) atoms. The fraction of sp³-hybridized carbons (Fsp3) is 0.538. The van der Waals surface area contributed by atoms with Crippen LogP contribution in [0.25, 0.3) is 0 Å². The van der Waals surface area contributed by atoms with Crippen LogP contribution in [0.4, 0.5) is 0 Å². The molecule has 0 bridgehead atoms. The lowest BCUT2D eigenvalue weighted by Gasteiger charge is -2.29. The van der Waals surface area contributed by atoms with Gasteiger partial charge in [-0.3, -0.25) is 0 Å². The summed E-state index contributed by atoms with van der Waals surface area (Å²) < 4.78 is 1.27. The molecule has 0 nitrogen and oxygen atoms in total. The molecule has 0 radical (unpaired) electrons. The molecule has 0 N–H and O–H groups in total. The molecule has 0 aliphatic heterocycles. The maximum absolute atomic E-state index is 3.84. The molecule has 0 heterocycles. The van der Waals surface area contributed by atoms with Gasteiger partial charge in [-0.1, -0.05) is 69.9 Å². The summed E-state index contributed by atoms with van der Waals surface area (Å²) in [5.74, 6) is 2.78. The summed E-state index contributed by atoms with van der Waals surface area (Å²) >= 11 is 5.78. The van der Waals surface area contributed by atoms with Gasteiger partial charge in [-0.05, 0) is 88.7 Å². The van der Waals surface area contributed by atoms with Gasteiger partial charge in [0.05, 0.1) is 0 Å². The lowest BCUT2D eigenvalue weighted by molar-refractivity contribution is 0.302. The first kappa shape index (κ1) is 22.0. The van der Waals surface area contributed by atoms with Gasteiger partial charge in [0.2, 0.25) is 0 Å². The summed E-state index contributed by atoms with van der Waals surface area (Å²) in [6.45, 7) is 4.51. The topological polar surface area (TPSA) is 0 Å². The molecule has 0 unspecified atom stereocenters. The second kappa shape index (κ2) is 11.5. The quantitative estimate of drug-likeness (QED) is 0.266. The monoisotopic (exact) mass is 458 g/mol. The van der Waals surface area contributed by atoms with Crippen molar-refractivity contribution in [2.45, 2.75) is 88.2 Å². The minimum atomic E-state index is 0.763.